The van der Waals surface area contributed by atoms with Crippen LogP contribution in [0.15, 0.2) is 34.3 Å². The molecule has 0 radical (unpaired) electrons. The van der Waals surface area contributed by atoms with Gasteiger partial charge >= 0.3 is 0 Å². The number of sulfonamides is 1. The molecule has 1 spiro atoms. The first-order valence-corrected chi connectivity index (χ1v) is 10.4. The normalized spacial score (nSPS) is 25.3. The maximum Gasteiger partial charge on any atom is 0.269 e. The summed E-state index contributed by atoms with van der Waals surface area (Å²) < 4.78 is 33.9. The zero-order valence-electron chi connectivity index (χ0n) is 15.7. The fourth-order valence-electron chi connectivity index (χ4n) is 3.24. The van der Waals surface area contributed by atoms with Gasteiger partial charge in [0.2, 0.25) is 10.0 Å². The van der Waals surface area contributed by atoms with Crippen molar-refractivity contribution >= 4 is 21.6 Å². The van der Waals surface area contributed by atoms with Crippen LogP contribution < -0.4 is 10.0 Å². The van der Waals surface area contributed by atoms with E-state index in [0.717, 1.165) is 5.56 Å². The minimum absolute atomic E-state index is 0.0324. The Bertz CT molecular complexity index is 852. The molecular formula is C18H25N3O5S. The van der Waals surface area contributed by atoms with E-state index in [2.05, 4.69) is 15.2 Å². The lowest BCUT2D eigenvalue weighted by Crippen LogP contribution is -2.58. The van der Waals surface area contributed by atoms with Crippen molar-refractivity contribution in [2.24, 2.45) is 5.16 Å². The lowest BCUT2D eigenvalue weighted by molar-refractivity contribution is -0.126. The van der Waals surface area contributed by atoms with Gasteiger partial charge in [-0.2, -0.15) is 0 Å². The summed E-state index contributed by atoms with van der Waals surface area (Å²) in [5, 5.41) is 6.70. The summed E-state index contributed by atoms with van der Waals surface area (Å²) in [6, 6.07) is 6.12. The highest BCUT2D eigenvalue weighted by Crippen LogP contribution is 2.33. The zero-order valence-corrected chi connectivity index (χ0v) is 16.5. The van der Waals surface area contributed by atoms with E-state index in [1.165, 1.54) is 0 Å². The van der Waals surface area contributed by atoms with Gasteiger partial charge in [0.15, 0.2) is 5.60 Å². The molecule has 1 amide bonds. The molecular weight excluding hydrogens is 370 g/mol. The number of rotatable bonds is 5. The predicted octanol–water partition coefficient (Wildman–Crippen LogP) is 1.10. The zero-order chi connectivity index (χ0) is 19.7. The predicted molar refractivity (Wildman–Crippen MR) is 99.9 cm³/mol. The van der Waals surface area contributed by atoms with E-state index in [1.807, 2.05) is 26.8 Å². The maximum atomic E-state index is 12.8. The highest BCUT2D eigenvalue weighted by molar-refractivity contribution is 7.89. The van der Waals surface area contributed by atoms with Gasteiger partial charge in [-0.15, -0.1) is 0 Å². The first kappa shape index (κ1) is 19.8. The van der Waals surface area contributed by atoms with Crippen LogP contribution in [0, 0.1) is 6.92 Å². The number of hydrogen-bond donors (Lipinski definition) is 2. The minimum atomic E-state index is -3.74. The minimum Gasteiger partial charge on any atom is -0.384 e. The van der Waals surface area contributed by atoms with E-state index >= 15 is 0 Å². The molecule has 3 rings (SSSR count). The van der Waals surface area contributed by atoms with Crippen LogP contribution in [0.25, 0.3) is 0 Å². The van der Waals surface area contributed by atoms with Gasteiger partial charge < -0.3 is 14.9 Å². The summed E-state index contributed by atoms with van der Waals surface area (Å²) in [7, 11) is -3.74. The first-order chi connectivity index (χ1) is 12.7. The Hall–Kier alpha value is -1.97. The van der Waals surface area contributed by atoms with Gasteiger partial charge in [0.05, 0.1) is 17.5 Å². The van der Waals surface area contributed by atoms with E-state index in [0.29, 0.717) is 13.0 Å². The summed E-state index contributed by atoms with van der Waals surface area (Å²) in [6.45, 7) is 6.11. The number of hydrogen-bond acceptors (Lipinski definition) is 6. The average Bonchev–Trinajstić information content (AvgIpc) is 3.01. The largest absolute Gasteiger partial charge is 0.384 e. The summed E-state index contributed by atoms with van der Waals surface area (Å²) >= 11 is 0. The van der Waals surface area contributed by atoms with Gasteiger partial charge in [-0.05, 0) is 44.9 Å². The number of ether oxygens (including phenoxy) is 1. The molecule has 1 fully saturated rings. The van der Waals surface area contributed by atoms with Crippen LogP contribution in [0.2, 0.25) is 0 Å². The third kappa shape index (κ3) is 4.31. The van der Waals surface area contributed by atoms with Crippen molar-refractivity contribution in [3.05, 3.63) is 29.8 Å². The molecule has 1 aromatic rings. The molecule has 2 heterocycles. The number of benzene rings is 1. The Kier molecular flexibility index (Phi) is 5.55. The second kappa shape index (κ2) is 7.57. The summed E-state index contributed by atoms with van der Waals surface area (Å²) in [4.78, 5) is 18.0. The monoisotopic (exact) mass is 395 g/mol. The number of aryl methyl sites for hydroxylation is 1. The number of nitrogens with one attached hydrogen (secondary N) is 2. The maximum absolute atomic E-state index is 12.8. The lowest BCUT2D eigenvalue weighted by Gasteiger charge is -2.38. The Balaban J connectivity index is 1.78. The van der Waals surface area contributed by atoms with Crippen molar-refractivity contribution < 1.29 is 22.8 Å². The SMILES string of the molecule is Cc1cccc(S(=O)(=O)N[C@H]2CCOC[C@]23CC(C(=O)NC(C)C)=NO3)c1. The molecule has 9 heteroatoms. The molecule has 27 heavy (non-hydrogen) atoms. The van der Waals surface area contributed by atoms with Crippen LogP contribution in [-0.4, -0.2) is 50.9 Å². The Morgan fingerprint density at radius 1 is 1.37 bits per heavy atom. The van der Waals surface area contributed by atoms with Crippen molar-refractivity contribution in [1.82, 2.24) is 10.0 Å². The molecule has 0 saturated carbocycles. The average molecular weight is 395 g/mol. The van der Waals surface area contributed by atoms with E-state index in [4.69, 9.17) is 9.57 Å². The van der Waals surface area contributed by atoms with Crippen molar-refractivity contribution in [2.75, 3.05) is 13.2 Å². The van der Waals surface area contributed by atoms with Crippen LogP contribution in [-0.2, 0) is 24.4 Å². The molecule has 0 aliphatic carbocycles. The van der Waals surface area contributed by atoms with Crippen LogP contribution >= 0.6 is 0 Å². The van der Waals surface area contributed by atoms with Crippen molar-refractivity contribution in [1.29, 1.82) is 0 Å². The fraction of sp³-hybridized carbons (Fsp3) is 0.556. The molecule has 2 N–H and O–H groups in total. The topological polar surface area (TPSA) is 106 Å². The van der Waals surface area contributed by atoms with E-state index < -0.39 is 21.7 Å². The molecule has 1 saturated heterocycles. The number of amides is 1. The van der Waals surface area contributed by atoms with Crippen molar-refractivity contribution in [3.63, 3.8) is 0 Å². The molecule has 0 bridgehead atoms. The van der Waals surface area contributed by atoms with Gasteiger partial charge in [0, 0.05) is 19.1 Å². The molecule has 2 aliphatic rings. The molecule has 1 aromatic carbocycles. The molecule has 2 atom stereocenters. The standard InChI is InChI=1S/C18H25N3O5S/c1-12(2)19-17(22)15-10-18(26-20-15)11-25-8-7-16(18)21-27(23,24)14-6-4-5-13(3)9-14/h4-6,9,12,16,21H,7-8,10-11H2,1-3H3,(H,19,22)/t16-,18+/m0/s1. The molecule has 0 unspecified atom stereocenters. The smallest absolute Gasteiger partial charge is 0.269 e. The summed E-state index contributed by atoms with van der Waals surface area (Å²) in [5.41, 5.74) is 0.0836. The third-order valence-corrected chi connectivity index (χ3v) is 6.09. The second-order valence-corrected chi connectivity index (χ2v) is 9.04. The summed E-state index contributed by atoms with van der Waals surface area (Å²) in [6.07, 6.45) is 0.617. The Morgan fingerprint density at radius 2 is 2.15 bits per heavy atom. The number of nitrogens with zero attached hydrogens (tertiary/aromatic N) is 1. The summed E-state index contributed by atoms with van der Waals surface area (Å²) in [5.74, 6) is -0.312. The third-order valence-electron chi connectivity index (χ3n) is 4.62. The van der Waals surface area contributed by atoms with Crippen molar-refractivity contribution in [2.45, 2.75) is 56.2 Å². The Labute approximate surface area is 159 Å². The highest BCUT2D eigenvalue weighted by Gasteiger charge is 2.51. The second-order valence-electron chi connectivity index (χ2n) is 7.33. The fourth-order valence-corrected chi connectivity index (χ4v) is 4.68. The van der Waals surface area contributed by atoms with Gasteiger partial charge in [-0.3, -0.25) is 4.79 Å². The number of carbonyl (C=O) groups is 1. The van der Waals surface area contributed by atoms with Gasteiger partial charge in [0.25, 0.3) is 5.91 Å². The van der Waals surface area contributed by atoms with Crippen LogP contribution in [0.3, 0.4) is 0 Å². The first-order valence-electron chi connectivity index (χ1n) is 8.94. The molecule has 8 nitrogen and oxygen atoms in total. The number of carbonyl (C=O) groups excluding carboxylic acids is 1. The number of oxime groups is 1. The van der Waals surface area contributed by atoms with Crippen LogP contribution in [0.1, 0.15) is 32.3 Å². The van der Waals surface area contributed by atoms with Crippen LogP contribution in [0.4, 0.5) is 0 Å². The van der Waals surface area contributed by atoms with E-state index in [1.54, 1.807) is 18.2 Å². The van der Waals surface area contributed by atoms with Gasteiger partial charge in [-0.25, -0.2) is 13.1 Å². The van der Waals surface area contributed by atoms with Crippen LogP contribution in [0.5, 0.6) is 0 Å². The molecule has 0 aromatic heterocycles. The Morgan fingerprint density at radius 3 is 2.85 bits per heavy atom. The van der Waals surface area contributed by atoms with Crippen molar-refractivity contribution in [3.8, 4) is 0 Å². The molecule has 148 valence electrons. The highest BCUT2D eigenvalue weighted by atomic mass is 32.2. The molecule has 2 aliphatic heterocycles. The van der Waals surface area contributed by atoms with Gasteiger partial charge in [0.1, 0.15) is 5.71 Å². The van der Waals surface area contributed by atoms with E-state index in [9.17, 15) is 13.2 Å². The van der Waals surface area contributed by atoms with E-state index in [-0.39, 0.29) is 35.6 Å². The quantitative estimate of drug-likeness (QED) is 0.777. The lowest BCUT2D eigenvalue weighted by atomic mass is 9.86. The van der Waals surface area contributed by atoms with Gasteiger partial charge in [-0.1, -0.05) is 17.3 Å².